The number of esters is 1. The number of ether oxygens (including phenoxy) is 1. The first-order chi connectivity index (χ1) is 17.3. The number of nitriles is 1. The van der Waals surface area contributed by atoms with Gasteiger partial charge in [-0.2, -0.15) is 9.57 Å². The molecule has 1 aromatic heterocycles. The number of rotatable bonds is 9. The zero-order valence-electron chi connectivity index (χ0n) is 19.5. The summed E-state index contributed by atoms with van der Waals surface area (Å²) >= 11 is 0. The van der Waals surface area contributed by atoms with Gasteiger partial charge in [-0.3, -0.25) is 9.78 Å². The SMILES string of the molecule is COC(=O)C1(NC(=O)c2ccc(CN(Cc3ccccn3)S(=O)(=O)c3ccc(C#N)cc3)cc2)CC1. The smallest absolute Gasteiger partial charge is 0.331 e. The van der Waals surface area contributed by atoms with Crippen LogP contribution >= 0.6 is 0 Å². The van der Waals surface area contributed by atoms with Crippen LogP contribution in [0.3, 0.4) is 0 Å². The molecule has 0 bridgehead atoms. The maximum absolute atomic E-state index is 13.5. The molecule has 1 N–H and O–H groups in total. The van der Waals surface area contributed by atoms with Crippen molar-refractivity contribution in [2.75, 3.05) is 7.11 Å². The molecule has 3 aromatic rings. The molecular formula is C26H24N4O5S. The van der Waals surface area contributed by atoms with Gasteiger partial charge in [0.05, 0.1) is 35.9 Å². The lowest BCUT2D eigenvalue weighted by molar-refractivity contribution is -0.144. The maximum atomic E-state index is 13.5. The molecule has 10 heteroatoms. The van der Waals surface area contributed by atoms with Crippen molar-refractivity contribution < 1.29 is 22.7 Å². The molecule has 1 aliphatic carbocycles. The maximum Gasteiger partial charge on any atom is 0.331 e. The van der Waals surface area contributed by atoms with Gasteiger partial charge in [-0.1, -0.05) is 18.2 Å². The van der Waals surface area contributed by atoms with Crippen molar-refractivity contribution in [3.05, 3.63) is 95.3 Å². The van der Waals surface area contributed by atoms with Crippen molar-refractivity contribution >= 4 is 21.9 Å². The first kappa shape index (κ1) is 25.0. The monoisotopic (exact) mass is 504 g/mol. The Morgan fingerprint density at radius 2 is 1.75 bits per heavy atom. The molecule has 0 radical (unpaired) electrons. The Labute approximate surface area is 209 Å². The minimum absolute atomic E-state index is 0.0346. The number of pyridine rings is 1. The summed E-state index contributed by atoms with van der Waals surface area (Å²) in [5.74, 6) is -0.870. The summed E-state index contributed by atoms with van der Waals surface area (Å²) in [6.07, 6.45) is 2.65. The van der Waals surface area contributed by atoms with Gasteiger partial charge in [0.2, 0.25) is 10.0 Å². The van der Waals surface area contributed by atoms with Gasteiger partial charge in [-0.15, -0.1) is 0 Å². The quantitative estimate of drug-likeness (QED) is 0.444. The van der Waals surface area contributed by atoms with E-state index in [1.165, 1.54) is 35.7 Å². The Hall–Kier alpha value is -4.07. The van der Waals surface area contributed by atoms with Crippen LogP contribution in [0.15, 0.2) is 77.8 Å². The molecule has 9 nitrogen and oxygen atoms in total. The highest BCUT2D eigenvalue weighted by Crippen LogP contribution is 2.36. The van der Waals surface area contributed by atoms with Gasteiger partial charge in [0.1, 0.15) is 5.54 Å². The van der Waals surface area contributed by atoms with E-state index in [9.17, 15) is 18.0 Å². The molecule has 184 valence electrons. The number of benzene rings is 2. The molecule has 0 unspecified atom stereocenters. The number of carbonyl (C=O) groups excluding carboxylic acids is 2. The number of nitrogens with zero attached hydrogens (tertiary/aromatic N) is 3. The molecule has 2 aromatic carbocycles. The Morgan fingerprint density at radius 1 is 1.06 bits per heavy atom. The van der Waals surface area contributed by atoms with Gasteiger partial charge in [-0.25, -0.2) is 13.2 Å². The normalized spacial score (nSPS) is 14.0. The van der Waals surface area contributed by atoms with Crippen LogP contribution in [0, 0.1) is 11.3 Å². The van der Waals surface area contributed by atoms with Crippen LogP contribution in [0.4, 0.5) is 0 Å². The van der Waals surface area contributed by atoms with E-state index >= 15 is 0 Å². The largest absolute Gasteiger partial charge is 0.467 e. The standard InChI is InChI=1S/C26H24N4O5S/c1-35-25(32)26(13-14-26)29-24(31)21-9-5-20(6-10-21)17-30(18-22-4-2-3-15-28-22)36(33,34)23-11-7-19(16-27)8-12-23/h2-12,15H,13-14,17-18H2,1H3,(H,29,31). The third-order valence-electron chi connectivity index (χ3n) is 5.94. The minimum atomic E-state index is -3.92. The van der Waals surface area contributed by atoms with Crippen molar-refractivity contribution in [2.24, 2.45) is 0 Å². The van der Waals surface area contributed by atoms with Crippen LogP contribution < -0.4 is 5.32 Å². The van der Waals surface area contributed by atoms with Crippen molar-refractivity contribution in [1.29, 1.82) is 5.26 Å². The molecule has 1 heterocycles. The van der Waals surface area contributed by atoms with Gasteiger partial charge in [0.15, 0.2) is 0 Å². The van der Waals surface area contributed by atoms with E-state index in [0.29, 0.717) is 35.2 Å². The van der Waals surface area contributed by atoms with Crippen LogP contribution in [0.2, 0.25) is 0 Å². The zero-order chi connectivity index (χ0) is 25.8. The summed E-state index contributed by atoms with van der Waals surface area (Å²) < 4.78 is 33.0. The van der Waals surface area contributed by atoms with Crippen molar-refractivity contribution in [3.63, 3.8) is 0 Å². The highest BCUT2D eigenvalue weighted by atomic mass is 32.2. The summed E-state index contributed by atoms with van der Waals surface area (Å²) in [6, 6.07) is 19.5. The van der Waals surface area contributed by atoms with Crippen molar-refractivity contribution in [1.82, 2.24) is 14.6 Å². The van der Waals surface area contributed by atoms with Crippen LogP contribution in [0.25, 0.3) is 0 Å². The molecule has 1 saturated carbocycles. The molecule has 1 aliphatic rings. The minimum Gasteiger partial charge on any atom is -0.467 e. The van der Waals surface area contributed by atoms with E-state index in [4.69, 9.17) is 10.00 Å². The van der Waals surface area contributed by atoms with Crippen LogP contribution in [-0.2, 0) is 32.6 Å². The predicted octanol–water partition coefficient (Wildman–Crippen LogP) is 2.78. The summed E-state index contributed by atoms with van der Waals surface area (Å²) in [7, 11) is -2.64. The van der Waals surface area contributed by atoms with Crippen molar-refractivity contribution in [2.45, 2.75) is 36.4 Å². The van der Waals surface area contributed by atoms with Crippen LogP contribution in [0.5, 0.6) is 0 Å². The average molecular weight is 505 g/mol. The second-order valence-corrected chi connectivity index (χ2v) is 10.4. The fraction of sp³-hybridized carbons (Fsp3) is 0.231. The van der Waals surface area contributed by atoms with Gasteiger partial charge < -0.3 is 10.1 Å². The second-order valence-electron chi connectivity index (χ2n) is 8.46. The highest BCUT2D eigenvalue weighted by molar-refractivity contribution is 7.89. The second kappa shape index (κ2) is 10.3. The molecule has 36 heavy (non-hydrogen) atoms. The van der Waals surface area contributed by atoms with E-state index in [1.807, 2.05) is 6.07 Å². The molecule has 0 spiro atoms. The molecule has 4 rings (SSSR count). The van der Waals surface area contributed by atoms with Gasteiger partial charge in [0, 0.05) is 18.3 Å². The summed E-state index contributed by atoms with van der Waals surface area (Å²) in [6.45, 7) is 0.0694. The van der Waals surface area contributed by atoms with Gasteiger partial charge in [0.25, 0.3) is 5.91 Å². The molecule has 1 amide bonds. The lowest BCUT2D eigenvalue weighted by atomic mass is 10.1. The van der Waals surface area contributed by atoms with Crippen molar-refractivity contribution in [3.8, 4) is 6.07 Å². The van der Waals surface area contributed by atoms with Gasteiger partial charge >= 0.3 is 5.97 Å². The molecule has 0 saturated heterocycles. The number of hydrogen-bond donors (Lipinski definition) is 1. The predicted molar refractivity (Wildman–Crippen MR) is 130 cm³/mol. The van der Waals surface area contributed by atoms with Crippen LogP contribution in [0.1, 0.15) is 40.0 Å². The van der Waals surface area contributed by atoms with E-state index in [0.717, 1.165) is 0 Å². The number of amides is 1. The van der Waals surface area contributed by atoms with Gasteiger partial charge in [-0.05, 0) is 66.9 Å². The topological polar surface area (TPSA) is 129 Å². The summed E-state index contributed by atoms with van der Waals surface area (Å²) in [4.78, 5) is 28.9. The fourth-order valence-electron chi connectivity index (χ4n) is 3.70. The molecular weight excluding hydrogens is 480 g/mol. The third kappa shape index (κ3) is 5.43. The number of aromatic nitrogens is 1. The van der Waals surface area contributed by atoms with Crippen LogP contribution in [-0.4, -0.2) is 42.2 Å². The fourth-order valence-corrected chi connectivity index (χ4v) is 5.10. The summed E-state index contributed by atoms with van der Waals surface area (Å²) in [5, 5.41) is 11.8. The first-order valence-electron chi connectivity index (χ1n) is 11.2. The molecule has 0 aliphatic heterocycles. The Kier molecular flexibility index (Phi) is 7.15. The Morgan fingerprint density at radius 3 is 2.31 bits per heavy atom. The van der Waals surface area contributed by atoms with E-state index in [2.05, 4.69) is 10.3 Å². The van der Waals surface area contributed by atoms with E-state index in [-0.39, 0.29) is 18.0 Å². The van der Waals surface area contributed by atoms with E-state index in [1.54, 1.807) is 48.7 Å². The number of nitrogens with one attached hydrogen (secondary N) is 1. The lowest BCUT2D eigenvalue weighted by Crippen LogP contribution is -2.43. The Balaban J connectivity index is 1.55. The number of methoxy groups -OCH3 is 1. The lowest BCUT2D eigenvalue weighted by Gasteiger charge is -2.22. The number of hydrogen-bond acceptors (Lipinski definition) is 7. The van der Waals surface area contributed by atoms with E-state index < -0.39 is 27.4 Å². The summed E-state index contributed by atoms with van der Waals surface area (Å²) in [5.41, 5.74) is 0.982. The average Bonchev–Trinajstić information content (AvgIpc) is 3.69. The molecule has 1 fully saturated rings. The highest BCUT2D eigenvalue weighted by Gasteiger charge is 2.52. The first-order valence-corrected chi connectivity index (χ1v) is 12.6. The number of sulfonamides is 1. The third-order valence-corrected chi connectivity index (χ3v) is 7.75. The zero-order valence-corrected chi connectivity index (χ0v) is 20.4. The number of carbonyl (C=O) groups is 2. The Bertz CT molecular complexity index is 1400. The molecule has 0 atom stereocenters.